The third-order valence-corrected chi connectivity index (χ3v) is 4.71. The molecule has 1 aromatic heterocycles. The molecule has 1 aliphatic heterocycles. The maximum Gasteiger partial charge on any atom is 0.252 e. The molecule has 2 aromatic rings. The average molecular weight is 322 g/mol. The van der Waals surface area contributed by atoms with Gasteiger partial charge in [-0.15, -0.1) is 11.3 Å². The predicted octanol–water partition coefficient (Wildman–Crippen LogP) is 2.95. The van der Waals surface area contributed by atoms with Gasteiger partial charge in [0.15, 0.2) is 0 Å². The summed E-state index contributed by atoms with van der Waals surface area (Å²) >= 11 is 7.33. The van der Waals surface area contributed by atoms with E-state index < -0.39 is 0 Å². The summed E-state index contributed by atoms with van der Waals surface area (Å²) in [6.45, 7) is 1.86. The first-order valence-electron chi connectivity index (χ1n) is 6.96. The number of hydrogen-bond donors (Lipinski definition) is 2. The average Bonchev–Trinajstić information content (AvgIpc) is 2.95. The van der Waals surface area contributed by atoms with E-state index in [1.807, 2.05) is 24.3 Å². The van der Waals surface area contributed by atoms with Gasteiger partial charge in [0.2, 0.25) is 0 Å². The zero-order valence-corrected chi connectivity index (χ0v) is 13.0. The molecule has 1 aliphatic rings. The minimum absolute atomic E-state index is 0.0503. The first-order valence-corrected chi connectivity index (χ1v) is 8.22. The summed E-state index contributed by atoms with van der Waals surface area (Å²) in [6, 6.07) is 7.70. The number of benzene rings is 1. The lowest BCUT2D eigenvalue weighted by molar-refractivity contribution is 0.0931. The highest BCUT2D eigenvalue weighted by Gasteiger charge is 2.19. The Balaban J connectivity index is 1.82. The lowest BCUT2D eigenvalue weighted by Crippen LogP contribution is -2.45. The molecule has 1 saturated heterocycles. The van der Waals surface area contributed by atoms with E-state index in [0.717, 1.165) is 36.5 Å². The molecule has 1 aromatic carbocycles. The van der Waals surface area contributed by atoms with Crippen molar-refractivity contribution < 1.29 is 4.79 Å². The first-order chi connectivity index (χ1) is 10.2. The topological polar surface area (TPSA) is 54.0 Å². The quantitative estimate of drug-likeness (QED) is 0.914. The highest BCUT2D eigenvalue weighted by molar-refractivity contribution is 7.13. The van der Waals surface area contributed by atoms with Gasteiger partial charge in [0.25, 0.3) is 5.91 Å². The number of nitrogens with one attached hydrogen (secondary N) is 2. The number of aromatic nitrogens is 1. The van der Waals surface area contributed by atoms with Crippen LogP contribution in [0.2, 0.25) is 5.15 Å². The van der Waals surface area contributed by atoms with Gasteiger partial charge in [-0.3, -0.25) is 4.79 Å². The minimum Gasteiger partial charge on any atom is -0.348 e. The van der Waals surface area contributed by atoms with Crippen LogP contribution in [0.5, 0.6) is 0 Å². The Bertz CT molecular complexity index is 637. The van der Waals surface area contributed by atoms with Gasteiger partial charge in [0.1, 0.15) is 10.2 Å². The number of rotatable bonds is 3. The Labute approximate surface area is 132 Å². The van der Waals surface area contributed by atoms with Gasteiger partial charge in [-0.25, -0.2) is 4.98 Å². The summed E-state index contributed by atoms with van der Waals surface area (Å²) < 4.78 is 0. The van der Waals surface area contributed by atoms with Crippen molar-refractivity contribution in [1.82, 2.24) is 15.6 Å². The van der Waals surface area contributed by atoms with Crippen molar-refractivity contribution in [2.24, 2.45) is 0 Å². The Morgan fingerprint density at radius 3 is 3.00 bits per heavy atom. The molecule has 1 amide bonds. The zero-order valence-electron chi connectivity index (χ0n) is 11.4. The second-order valence-electron chi connectivity index (χ2n) is 5.04. The maximum absolute atomic E-state index is 12.5. The molecule has 0 spiro atoms. The van der Waals surface area contributed by atoms with Crippen molar-refractivity contribution in [3.05, 3.63) is 40.4 Å². The molecule has 0 saturated carbocycles. The summed E-state index contributed by atoms with van der Waals surface area (Å²) in [4.78, 5) is 16.8. The highest BCUT2D eigenvalue weighted by atomic mass is 35.5. The summed E-state index contributed by atoms with van der Waals surface area (Å²) in [6.07, 6.45) is 2.11. The molecule has 0 radical (unpaired) electrons. The molecule has 1 unspecified atom stereocenters. The fourth-order valence-electron chi connectivity index (χ4n) is 2.48. The van der Waals surface area contributed by atoms with E-state index in [4.69, 9.17) is 11.6 Å². The van der Waals surface area contributed by atoms with Gasteiger partial charge in [-0.05, 0) is 25.5 Å². The minimum atomic E-state index is -0.0503. The second-order valence-corrected chi connectivity index (χ2v) is 6.28. The van der Waals surface area contributed by atoms with Crippen molar-refractivity contribution in [3.8, 4) is 10.6 Å². The predicted molar refractivity (Wildman–Crippen MR) is 85.9 cm³/mol. The van der Waals surface area contributed by atoms with Gasteiger partial charge < -0.3 is 10.6 Å². The molecule has 2 heterocycles. The summed E-state index contributed by atoms with van der Waals surface area (Å²) in [5.74, 6) is -0.0503. The van der Waals surface area contributed by atoms with E-state index in [9.17, 15) is 4.79 Å². The molecule has 2 N–H and O–H groups in total. The van der Waals surface area contributed by atoms with Crippen LogP contribution < -0.4 is 10.6 Å². The fraction of sp³-hybridized carbons (Fsp3) is 0.333. The number of thiazole rings is 1. The van der Waals surface area contributed by atoms with Crippen molar-refractivity contribution in [1.29, 1.82) is 0 Å². The third-order valence-electron chi connectivity index (χ3n) is 3.51. The normalized spacial score (nSPS) is 18.4. The number of amides is 1. The van der Waals surface area contributed by atoms with E-state index in [2.05, 4.69) is 15.6 Å². The molecular formula is C15H16ClN3OS. The number of halogens is 1. The monoisotopic (exact) mass is 321 g/mol. The smallest absolute Gasteiger partial charge is 0.252 e. The van der Waals surface area contributed by atoms with Crippen molar-refractivity contribution in [2.75, 3.05) is 13.1 Å². The van der Waals surface area contributed by atoms with Crippen LogP contribution in [0.3, 0.4) is 0 Å². The van der Waals surface area contributed by atoms with E-state index in [1.54, 1.807) is 5.38 Å². The lowest BCUT2D eigenvalue weighted by Gasteiger charge is -2.24. The van der Waals surface area contributed by atoms with Crippen molar-refractivity contribution in [3.63, 3.8) is 0 Å². The highest BCUT2D eigenvalue weighted by Crippen LogP contribution is 2.28. The van der Waals surface area contributed by atoms with Crippen molar-refractivity contribution >= 4 is 28.8 Å². The van der Waals surface area contributed by atoms with Crippen LogP contribution in [0.25, 0.3) is 10.6 Å². The summed E-state index contributed by atoms with van der Waals surface area (Å²) in [7, 11) is 0. The zero-order chi connectivity index (χ0) is 14.7. The molecule has 1 fully saturated rings. The Morgan fingerprint density at radius 2 is 2.29 bits per heavy atom. The molecule has 1 atom stereocenters. The van der Waals surface area contributed by atoms with E-state index in [1.165, 1.54) is 11.3 Å². The number of carbonyl (C=O) groups excluding carboxylic acids is 1. The number of nitrogens with zero attached hydrogens (tertiary/aromatic N) is 1. The number of carbonyl (C=O) groups is 1. The van der Waals surface area contributed by atoms with Crippen LogP contribution >= 0.6 is 22.9 Å². The van der Waals surface area contributed by atoms with Gasteiger partial charge in [-0.1, -0.05) is 29.8 Å². The van der Waals surface area contributed by atoms with Gasteiger partial charge in [0, 0.05) is 29.1 Å². The Morgan fingerprint density at radius 1 is 1.43 bits per heavy atom. The molecule has 21 heavy (non-hydrogen) atoms. The van der Waals surface area contributed by atoms with E-state index >= 15 is 0 Å². The Hall–Kier alpha value is -1.43. The van der Waals surface area contributed by atoms with Crippen LogP contribution in [0, 0.1) is 0 Å². The SMILES string of the molecule is O=C(NC1CCCNC1)c1ccccc1-c1nc(Cl)cs1. The van der Waals surface area contributed by atoms with Gasteiger partial charge in [0.05, 0.1) is 0 Å². The largest absolute Gasteiger partial charge is 0.348 e. The molecule has 6 heteroatoms. The summed E-state index contributed by atoms with van der Waals surface area (Å²) in [5.41, 5.74) is 1.48. The van der Waals surface area contributed by atoms with Gasteiger partial charge >= 0.3 is 0 Å². The van der Waals surface area contributed by atoms with E-state index in [0.29, 0.717) is 10.7 Å². The van der Waals surface area contributed by atoms with Gasteiger partial charge in [-0.2, -0.15) is 0 Å². The standard InChI is InChI=1S/C15H16ClN3OS/c16-13-9-21-15(19-13)12-6-2-1-5-11(12)14(20)18-10-4-3-7-17-8-10/h1-2,5-6,9-10,17H,3-4,7-8H2,(H,18,20). The van der Waals surface area contributed by atoms with Crippen LogP contribution in [0.15, 0.2) is 29.6 Å². The molecular weight excluding hydrogens is 306 g/mol. The fourth-order valence-corrected chi connectivity index (χ4v) is 3.47. The molecule has 0 bridgehead atoms. The number of hydrogen-bond acceptors (Lipinski definition) is 4. The van der Waals surface area contributed by atoms with Crippen LogP contribution in [0.4, 0.5) is 0 Å². The molecule has 4 nitrogen and oxygen atoms in total. The second kappa shape index (κ2) is 6.56. The first kappa shape index (κ1) is 14.5. The van der Waals surface area contributed by atoms with Crippen LogP contribution in [0.1, 0.15) is 23.2 Å². The van der Waals surface area contributed by atoms with Crippen molar-refractivity contribution in [2.45, 2.75) is 18.9 Å². The summed E-state index contributed by atoms with van der Waals surface area (Å²) in [5, 5.41) is 9.40. The van der Waals surface area contributed by atoms with Crippen LogP contribution in [-0.4, -0.2) is 30.0 Å². The number of piperidine rings is 1. The maximum atomic E-state index is 12.5. The lowest BCUT2D eigenvalue weighted by atomic mass is 10.0. The Kier molecular flexibility index (Phi) is 4.53. The molecule has 3 rings (SSSR count). The molecule has 0 aliphatic carbocycles. The molecule has 110 valence electrons. The van der Waals surface area contributed by atoms with E-state index in [-0.39, 0.29) is 11.9 Å². The van der Waals surface area contributed by atoms with Crippen LogP contribution in [-0.2, 0) is 0 Å². The third kappa shape index (κ3) is 3.43.